The van der Waals surface area contributed by atoms with Crippen molar-refractivity contribution in [3.05, 3.63) is 60.0 Å². The first kappa shape index (κ1) is 18.5. The molecular formula is C22H26N4O2. The fourth-order valence-corrected chi connectivity index (χ4v) is 3.46. The molecule has 146 valence electrons. The van der Waals surface area contributed by atoms with Crippen LogP contribution in [0.3, 0.4) is 0 Å². The summed E-state index contributed by atoms with van der Waals surface area (Å²) in [7, 11) is 2.15. The molecule has 0 aliphatic carbocycles. The lowest BCUT2D eigenvalue weighted by molar-refractivity contribution is 0.0953. The average molecular weight is 378 g/mol. The number of piperazine rings is 1. The molecule has 2 heterocycles. The zero-order valence-electron chi connectivity index (χ0n) is 16.2. The molecule has 0 saturated carbocycles. The third-order valence-corrected chi connectivity index (χ3v) is 5.19. The third-order valence-electron chi connectivity index (χ3n) is 5.19. The van der Waals surface area contributed by atoms with Crippen molar-refractivity contribution < 1.29 is 9.21 Å². The number of nitrogens with one attached hydrogen (secondary N) is 1. The summed E-state index contributed by atoms with van der Waals surface area (Å²) in [5, 5.41) is 2.98. The molecule has 0 spiro atoms. The summed E-state index contributed by atoms with van der Waals surface area (Å²) in [6, 6.07) is 15.6. The molecule has 1 aliphatic heterocycles. The Hall–Kier alpha value is -2.86. The molecule has 4 rings (SSSR count). The molecule has 1 aromatic heterocycles. The number of likely N-dealkylation sites (N-methyl/N-ethyl adjacent to an activating group) is 1. The standard InChI is InChI=1S/C22H26N4O2/c1-25-13-15-26(16-14-25)18-10-8-17(9-11-18)22(27)23-12-4-7-21-24-19-5-2-3-6-20(19)28-21/h2-3,5-6,8-11H,4,7,12-16H2,1H3,(H,23,27). The molecule has 1 fully saturated rings. The van der Waals surface area contributed by atoms with Gasteiger partial charge in [-0.3, -0.25) is 4.79 Å². The van der Waals surface area contributed by atoms with Crippen LogP contribution in [0, 0.1) is 0 Å². The van der Waals surface area contributed by atoms with E-state index in [1.54, 1.807) is 0 Å². The fraction of sp³-hybridized carbons (Fsp3) is 0.364. The fourth-order valence-electron chi connectivity index (χ4n) is 3.46. The normalized spacial score (nSPS) is 15.1. The zero-order chi connectivity index (χ0) is 19.3. The van der Waals surface area contributed by atoms with E-state index >= 15 is 0 Å². The predicted molar refractivity (Wildman–Crippen MR) is 111 cm³/mol. The second-order valence-electron chi connectivity index (χ2n) is 7.27. The number of oxazole rings is 1. The van der Waals surface area contributed by atoms with Crippen molar-refractivity contribution in [2.75, 3.05) is 44.7 Å². The predicted octanol–water partition coefficient (Wildman–Crippen LogP) is 2.94. The number of benzene rings is 2. The topological polar surface area (TPSA) is 61.6 Å². The van der Waals surface area contributed by atoms with Crippen LogP contribution in [-0.4, -0.2) is 55.6 Å². The lowest BCUT2D eigenvalue weighted by atomic mass is 10.1. The minimum absolute atomic E-state index is 0.0394. The number of amides is 1. The number of fused-ring (bicyclic) bond motifs is 1. The molecule has 0 radical (unpaired) electrons. The van der Waals surface area contributed by atoms with E-state index in [1.807, 2.05) is 48.5 Å². The summed E-state index contributed by atoms with van der Waals surface area (Å²) < 4.78 is 5.71. The van der Waals surface area contributed by atoms with Gasteiger partial charge in [-0.2, -0.15) is 0 Å². The number of para-hydroxylation sites is 2. The molecule has 1 N–H and O–H groups in total. The molecule has 2 aromatic carbocycles. The first-order valence-electron chi connectivity index (χ1n) is 9.85. The van der Waals surface area contributed by atoms with Crippen LogP contribution in [-0.2, 0) is 6.42 Å². The first-order valence-corrected chi connectivity index (χ1v) is 9.85. The zero-order valence-corrected chi connectivity index (χ0v) is 16.2. The van der Waals surface area contributed by atoms with E-state index in [9.17, 15) is 4.79 Å². The van der Waals surface area contributed by atoms with Gasteiger partial charge in [0, 0.05) is 50.4 Å². The lowest BCUT2D eigenvalue weighted by Crippen LogP contribution is -2.44. The van der Waals surface area contributed by atoms with Crippen molar-refractivity contribution in [1.82, 2.24) is 15.2 Å². The molecule has 1 saturated heterocycles. The van der Waals surface area contributed by atoms with Crippen LogP contribution in [0.4, 0.5) is 5.69 Å². The Morgan fingerprint density at radius 1 is 1.07 bits per heavy atom. The van der Waals surface area contributed by atoms with Crippen LogP contribution in [0.25, 0.3) is 11.1 Å². The maximum Gasteiger partial charge on any atom is 0.251 e. The summed E-state index contributed by atoms with van der Waals surface area (Å²) in [5.41, 5.74) is 3.56. The van der Waals surface area contributed by atoms with E-state index in [0.29, 0.717) is 24.4 Å². The van der Waals surface area contributed by atoms with Gasteiger partial charge >= 0.3 is 0 Å². The minimum atomic E-state index is -0.0394. The summed E-state index contributed by atoms with van der Waals surface area (Å²) in [6.07, 6.45) is 1.50. The van der Waals surface area contributed by atoms with Crippen LogP contribution >= 0.6 is 0 Å². The molecule has 28 heavy (non-hydrogen) atoms. The van der Waals surface area contributed by atoms with Crippen LogP contribution < -0.4 is 10.2 Å². The monoisotopic (exact) mass is 378 g/mol. The van der Waals surface area contributed by atoms with E-state index < -0.39 is 0 Å². The molecule has 0 atom stereocenters. The molecule has 6 heteroatoms. The number of carbonyl (C=O) groups excluding carboxylic acids is 1. The third kappa shape index (κ3) is 4.34. The van der Waals surface area contributed by atoms with Gasteiger partial charge < -0.3 is 19.5 Å². The van der Waals surface area contributed by atoms with Gasteiger partial charge in [0.2, 0.25) is 0 Å². The van der Waals surface area contributed by atoms with Crippen molar-refractivity contribution in [3.8, 4) is 0 Å². The van der Waals surface area contributed by atoms with Crippen molar-refractivity contribution in [1.29, 1.82) is 0 Å². The maximum atomic E-state index is 12.4. The van der Waals surface area contributed by atoms with Crippen molar-refractivity contribution in [2.45, 2.75) is 12.8 Å². The van der Waals surface area contributed by atoms with Gasteiger partial charge in [-0.05, 0) is 49.9 Å². The summed E-state index contributed by atoms with van der Waals surface area (Å²) >= 11 is 0. The number of nitrogens with zero attached hydrogens (tertiary/aromatic N) is 3. The highest BCUT2D eigenvalue weighted by Crippen LogP contribution is 2.17. The molecule has 1 amide bonds. The number of hydrogen-bond acceptors (Lipinski definition) is 5. The number of aromatic nitrogens is 1. The molecule has 3 aromatic rings. The summed E-state index contributed by atoms with van der Waals surface area (Å²) in [6.45, 7) is 4.79. The van der Waals surface area contributed by atoms with E-state index in [2.05, 4.69) is 27.1 Å². The molecule has 1 aliphatic rings. The number of rotatable bonds is 6. The Morgan fingerprint density at radius 3 is 2.57 bits per heavy atom. The lowest BCUT2D eigenvalue weighted by Gasteiger charge is -2.34. The average Bonchev–Trinajstić information content (AvgIpc) is 3.15. The Balaban J connectivity index is 1.24. The highest BCUT2D eigenvalue weighted by molar-refractivity contribution is 5.94. The van der Waals surface area contributed by atoms with Crippen LogP contribution in [0.2, 0.25) is 0 Å². The summed E-state index contributed by atoms with van der Waals surface area (Å²) in [5.74, 6) is 0.675. The second kappa shape index (κ2) is 8.44. The highest BCUT2D eigenvalue weighted by atomic mass is 16.3. The van der Waals surface area contributed by atoms with Gasteiger partial charge in [0.25, 0.3) is 5.91 Å². The summed E-state index contributed by atoms with van der Waals surface area (Å²) in [4.78, 5) is 21.5. The van der Waals surface area contributed by atoms with E-state index in [4.69, 9.17) is 4.42 Å². The highest BCUT2D eigenvalue weighted by Gasteiger charge is 2.14. The minimum Gasteiger partial charge on any atom is -0.441 e. The number of hydrogen-bond donors (Lipinski definition) is 1. The molecule has 0 bridgehead atoms. The van der Waals surface area contributed by atoms with Crippen molar-refractivity contribution in [3.63, 3.8) is 0 Å². The van der Waals surface area contributed by atoms with Crippen molar-refractivity contribution in [2.24, 2.45) is 0 Å². The Bertz CT molecular complexity index is 894. The van der Waals surface area contributed by atoms with Gasteiger partial charge in [-0.25, -0.2) is 4.98 Å². The van der Waals surface area contributed by atoms with Crippen molar-refractivity contribution >= 4 is 22.7 Å². The quantitative estimate of drug-likeness (QED) is 0.668. The smallest absolute Gasteiger partial charge is 0.251 e. The maximum absolute atomic E-state index is 12.4. The Labute approximate surface area is 165 Å². The van der Waals surface area contributed by atoms with Gasteiger partial charge in [-0.1, -0.05) is 12.1 Å². The van der Waals surface area contributed by atoms with E-state index in [1.165, 1.54) is 5.69 Å². The number of carbonyl (C=O) groups is 1. The second-order valence-corrected chi connectivity index (χ2v) is 7.27. The Kier molecular flexibility index (Phi) is 5.58. The van der Waals surface area contributed by atoms with E-state index in [-0.39, 0.29) is 5.91 Å². The number of aryl methyl sites for hydroxylation is 1. The van der Waals surface area contributed by atoms with E-state index in [0.717, 1.165) is 43.7 Å². The van der Waals surface area contributed by atoms with Gasteiger partial charge in [-0.15, -0.1) is 0 Å². The molecular weight excluding hydrogens is 352 g/mol. The van der Waals surface area contributed by atoms with Crippen LogP contribution in [0.1, 0.15) is 22.7 Å². The SMILES string of the molecule is CN1CCN(c2ccc(C(=O)NCCCc3nc4ccccc4o3)cc2)CC1. The van der Waals surface area contributed by atoms with Gasteiger partial charge in [0.05, 0.1) is 0 Å². The molecule has 0 unspecified atom stereocenters. The first-order chi connectivity index (χ1) is 13.7. The Morgan fingerprint density at radius 2 is 1.82 bits per heavy atom. The van der Waals surface area contributed by atoms with Gasteiger partial charge in [0.15, 0.2) is 11.5 Å². The molecule has 6 nitrogen and oxygen atoms in total. The largest absolute Gasteiger partial charge is 0.441 e. The number of anilines is 1. The van der Waals surface area contributed by atoms with Crippen LogP contribution in [0.15, 0.2) is 52.9 Å². The van der Waals surface area contributed by atoms with Gasteiger partial charge in [0.1, 0.15) is 5.52 Å². The van der Waals surface area contributed by atoms with Crippen LogP contribution in [0.5, 0.6) is 0 Å².